The summed E-state index contributed by atoms with van der Waals surface area (Å²) in [5.41, 5.74) is 1.02. The Kier molecular flexibility index (Phi) is 6.96. The Morgan fingerprint density at radius 2 is 1.87 bits per heavy atom. The van der Waals surface area contributed by atoms with Gasteiger partial charge in [0.25, 0.3) is 0 Å². The average Bonchev–Trinajstić information content (AvgIpc) is 2.53. The Hall–Kier alpha value is -1.01. The molecule has 2 atom stereocenters. The quantitative estimate of drug-likeness (QED) is 0.835. The SMILES string of the molecule is CC(C)OCC(O)CN1CCN(C(C)c2cccc(F)c2)CC1. The number of hydrogen-bond donors (Lipinski definition) is 1. The molecule has 1 heterocycles. The molecular weight excluding hydrogens is 295 g/mol. The third kappa shape index (κ3) is 5.84. The van der Waals surface area contributed by atoms with Gasteiger partial charge >= 0.3 is 0 Å². The maximum absolute atomic E-state index is 13.4. The van der Waals surface area contributed by atoms with Crippen LogP contribution in [0.3, 0.4) is 0 Å². The van der Waals surface area contributed by atoms with Gasteiger partial charge in [-0.1, -0.05) is 12.1 Å². The van der Waals surface area contributed by atoms with Gasteiger partial charge in [-0.25, -0.2) is 4.39 Å². The van der Waals surface area contributed by atoms with E-state index < -0.39 is 6.10 Å². The maximum atomic E-state index is 13.4. The van der Waals surface area contributed by atoms with E-state index >= 15 is 0 Å². The number of benzene rings is 1. The van der Waals surface area contributed by atoms with Gasteiger partial charge in [0, 0.05) is 38.8 Å². The van der Waals surface area contributed by atoms with Gasteiger partial charge in [-0.2, -0.15) is 0 Å². The van der Waals surface area contributed by atoms with Crippen LogP contribution in [-0.2, 0) is 4.74 Å². The van der Waals surface area contributed by atoms with Gasteiger partial charge in [0.1, 0.15) is 5.82 Å². The van der Waals surface area contributed by atoms with Crippen LogP contribution in [0.1, 0.15) is 32.4 Å². The smallest absolute Gasteiger partial charge is 0.123 e. The van der Waals surface area contributed by atoms with Gasteiger partial charge in [0.2, 0.25) is 0 Å². The number of aliphatic hydroxyl groups is 1. The number of halogens is 1. The predicted molar refractivity (Wildman–Crippen MR) is 89.9 cm³/mol. The van der Waals surface area contributed by atoms with Crippen LogP contribution in [0.5, 0.6) is 0 Å². The highest BCUT2D eigenvalue weighted by atomic mass is 19.1. The first-order valence-electron chi connectivity index (χ1n) is 8.47. The lowest BCUT2D eigenvalue weighted by Gasteiger charge is -2.38. The molecule has 2 rings (SSSR count). The number of aliphatic hydroxyl groups excluding tert-OH is 1. The molecule has 0 aromatic heterocycles. The van der Waals surface area contributed by atoms with Crippen molar-refractivity contribution in [3.05, 3.63) is 35.6 Å². The molecule has 1 aromatic rings. The number of nitrogens with zero attached hydrogens (tertiary/aromatic N) is 2. The topological polar surface area (TPSA) is 35.9 Å². The molecule has 130 valence electrons. The van der Waals surface area contributed by atoms with Crippen molar-refractivity contribution in [3.8, 4) is 0 Å². The highest BCUT2D eigenvalue weighted by Gasteiger charge is 2.23. The summed E-state index contributed by atoms with van der Waals surface area (Å²) in [7, 11) is 0. The molecule has 1 aliphatic rings. The Bertz CT molecular complexity index is 476. The van der Waals surface area contributed by atoms with E-state index in [0.717, 1.165) is 31.7 Å². The molecule has 1 N–H and O–H groups in total. The van der Waals surface area contributed by atoms with Crippen LogP contribution < -0.4 is 0 Å². The minimum atomic E-state index is -0.440. The summed E-state index contributed by atoms with van der Waals surface area (Å²) in [6.45, 7) is 10.8. The summed E-state index contributed by atoms with van der Waals surface area (Å²) in [5, 5.41) is 10.0. The zero-order valence-electron chi connectivity index (χ0n) is 14.4. The monoisotopic (exact) mass is 324 g/mol. The summed E-state index contributed by atoms with van der Waals surface area (Å²) in [5.74, 6) is -0.179. The van der Waals surface area contributed by atoms with Crippen molar-refractivity contribution in [1.82, 2.24) is 9.80 Å². The highest BCUT2D eigenvalue weighted by Crippen LogP contribution is 2.22. The summed E-state index contributed by atoms with van der Waals surface area (Å²) in [4.78, 5) is 4.63. The molecule has 1 fully saturated rings. The van der Waals surface area contributed by atoms with Crippen LogP contribution in [-0.4, -0.2) is 66.4 Å². The highest BCUT2D eigenvalue weighted by molar-refractivity contribution is 5.19. The van der Waals surface area contributed by atoms with Crippen LogP contribution in [0.4, 0.5) is 4.39 Å². The lowest BCUT2D eigenvalue weighted by molar-refractivity contribution is -0.0164. The number of β-amino-alcohol motifs (C(OH)–C–C–N with tert-alkyl or cyclic N) is 1. The van der Waals surface area contributed by atoms with Gasteiger partial charge in [-0.3, -0.25) is 9.80 Å². The summed E-state index contributed by atoms with van der Waals surface area (Å²) in [6, 6.07) is 7.05. The summed E-state index contributed by atoms with van der Waals surface area (Å²) in [6.07, 6.45) is -0.293. The van der Waals surface area contributed by atoms with E-state index in [9.17, 15) is 9.50 Å². The molecule has 23 heavy (non-hydrogen) atoms. The lowest BCUT2D eigenvalue weighted by atomic mass is 10.1. The molecule has 4 nitrogen and oxygen atoms in total. The minimum Gasteiger partial charge on any atom is -0.389 e. The van der Waals surface area contributed by atoms with Gasteiger partial charge < -0.3 is 9.84 Å². The van der Waals surface area contributed by atoms with Crippen LogP contribution in [0.25, 0.3) is 0 Å². The average molecular weight is 324 g/mol. The molecule has 0 saturated carbocycles. The van der Waals surface area contributed by atoms with Crippen molar-refractivity contribution in [2.75, 3.05) is 39.3 Å². The van der Waals surface area contributed by atoms with E-state index in [4.69, 9.17) is 4.74 Å². The molecule has 1 saturated heterocycles. The molecule has 1 aromatic carbocycles. The van der Waals surface area contributed by atoms with Gasteiger partial charge in [-0.05, 0) is 38.5 Å². The predicted octanol–water partition coefficient (Wildman–Crippen LogP) is 2.29. The van der Waals surface area contributed by atoms with Crippen molar-refractivity contribution in [2.24, 2.45) is 0 Å². The zero-order chi connectivity index (χ0) is 16.8. The van der Waals surface area contributed by atoms with Gasteiger partial charge in [-0.15, -0.1) is 0 Å². The van der Waals surface area contributed by atoms with Crippen LogP contribution in [0.15, 0.2) is 24.3 Å². The first kappa shape index (κ1) is 18.3. The molecule has 0 radical (unpaired) electrons. The first-order chi connectivity index (χ1) is 11.0. The lowest BCUT2D eigenvalue weighted by Crippen LogP contribution is -2.49. The van der Waals surface area contributed by atoms with Crippen LogP contribution >= 0.6 is 0 Å². The van der Waals surface area contributed by atoms with E-state index in [2.05, 4.69) is 16.7 Å². The Morgan fingerprint density at radius 3 is 2.48 bits per heavy atom. The van der Waals surface area contributed by atoms with E-state index in [-0.39, 0.29) is 18.0 Å². The molecule has 0 aliphatic carbocycles. The fourth-order valence-electron chi connectivity index (χ4n) is 2.96. The van der Waals surface area contributed by atoms with Crippen molar-refractivity contribution < 1.29 is 14.2 Å². The first-order valence-corrected chi connectivity index (χ1v) is 8.47. The van der Waals surface area contributed by atoms with Crippen molar-refractivity contribution in [2.45, 2.75) is 39.0 Å². The fraction of sp³-hybridized carbons (Fsp3) is 0.667. The van der Waals surface area contributed by atoms with Crippen molar-refractivity contribution in [3.63, 3.8) is 0 Å². The van der Waals surface area contributed by atoms with Crippen LogP contribution in [0, 0.1) is 5.82 Å². The van der Waals surface area contributed by atoms with E-state index in [1.807, 2.05) is 19.9 Å². The molecular formula is C18H29FN2O2. The molecule has 0 bridgehead atoms. The molecule has 0 spiro atoms. The summed E-state index contributed by atoms with van der Waals surface area (Å²) < 4.78 is 18.8. The number of rotatable bonds is 7. The third-order valence-electron chi connectivity index (χ3n) is 4.38. The Labute approximate surface area is 138 Å². The second-order valence-corrected chi connectivity index (χ2v) is 6.60. The second-order valence-electron chi connectivity index (χ2n) is 6.60. The fourth-order valence-corrected chi connectivity index (χ4v) is 2.96. The normalized spacial score (nSPS) is 19.9. The number of hydrogen-bond acceptors (Lipinski definition) is 4. The third-order valence-corrected chi connectivity index (χ3v) is 4.38. The number of piperazine rings is 1. The Morgan fingerprint density at radius 1 is 1.17 bits per heavy atom. The van der Waals surface area contributed by atoms with E-state index in [1.165, 1.54) is 6.07 Å². The molecule has 2 unspecified atom stereocenters. The Balaban J connectivity index is 1.77. The largest absolute Gasteiger partial charge is 0.389 e. The zero-order valence-corrected chi connectivity index (χ0v) is 14.4. The number of ether oxygens (including phenoxy) is 1. The standard InChI is InChI=1S/C18H29FN2O2/c1-14(2)23-13-18(22)12-20-7-9-21(10-8-20)15(3)16-5-4-6-17(19)11-16/h4-6,11,14-15,18,22H,7-10,12-13H2,1-3H3. The van der Waals surface area contributed by atoms with Crippen molar-refractivity contribution >= 4 is 0 Å². The minimum absolute atomic E-state index is 0.147. The maximum Gasteiger partial charge on any atom is 0.123 e. The molecule has 0 amide bonds. The molecule has 5 heteroatoms. The van der Waals surface area contributed by atoms with E-state index in [0.29, 0.717) is 13.2 Å². The van der Waals surface area contributed by atoms with E-state index in [1.54, 1.807) is 12.1 Å². The van der Waals surface area contributed by atoms with Gasteiger partial charge in [0.05, 0.1) is 18.8 Å². The second kappa shape index (κ2) is 8.73. The van der Waals surface area contributed by atoms with Crippen LogP contribution in [0.2, 0.25) is 0 Å². The van der Waals surface area contributed by atoms with Crippen molar-refractivity contribution in [1.29, 1.82) is 0 Å². The summed E-state index contributed by atoms with van der Waals surface area (Å²) >= 11 is 0. The van der Waals surface area contributed by atoms with Gasteiger partial charge in [0.15, 0.2) is 0 Å². The molecule has 1 aliphatic heterocycles.